The van der Waals surface area contributed by atoms with Gasteiger partial charge in [0, 0.05) is 32.0 Å². The molecule has 2 aliphatic rings. The maximum Gasteiger partial charge on any atom is 0.222 e. The van der Waals surface area contributed by atoms with E-state index in [4.69, 9.17) is 4.52 Å². The van der Waals surface area contributed by atoms with Crippen LogP contribution in [0.15, 0.2) is 4.52 Å². The Morgan fingerprint density at radius 2 is 1.96 bits per heavy atom. The zero-order valence-corrected chi connectivity index (χ0v) is 15.1. The van der Waals surface area contributed by atoms with Crippen molar-refractivity contribution >= 4 is 11.8 Å². The van der Waals surface area contributed by atoms with Gasteiger partial charge in [-0.15, -0.1) is 0 Å². The highest BCUT2D eigenvalue weighted by molar-refractivity contribution is 5.77. The minimum atomic E-state index is -0.525. The SMILES string of the molecule is CC(=O)N[C@@H]1C[C@@H]2CN(C(=O)CCc3c(C)noc3C)C[C@@H]2C[C@H]1O. The molecule has 0 bridgehead atoms. The van der Waals surface area contributed by atoms with Crippen molar-refractivity contribution in [3.8, 4) is 0 Å². The summed E-state index contributed by atoms with van der Waals surface area (Å²) < 4.78 is 5.15. The highest BCUT2D eigenvalue weighted by Crippen LogP contribution is 2.36. The van der Waals surface area contributed by atoms with Crippen LogP contribution in [-0.4, -0.2) is 52.2 Å². The zero-order valence-electron chi connectivity index (χ0n) is 15.1. The van der Waals surface area contributed by atoms with E-state index >= 15 is 0 Å². The van der Waals surface area contributed by atoms with Gasteiger partial charge in [0.1, 0.15) is 5.76 Å². The molecule has 2 heterocycles. The topological polar surface area (TPSA) is 95.7 Å². The van der Waals surface area contributed by atoms with Crippen molar-refractivity contribution in [2.75, 3.05) is 13.1 Å². The molecule has 7 heteroatoms. The number of hydrogen-bond acceptors (Lipinski definition) is 5. The van der Waals surface area contributed by atoms with Crippen molar-refractivity contribution < 1.29 is 19.2 Å². The van der Waals surface area contributed by atoms with E-state index in [-0.39, 0.29) is 17.9 Å². The van der Waals surface area contributed by atoms with Crippen LogP contribution in [0.1, 0.15) is 43.2 Å². The molecule has 1 aromatic rings. The lowest BCUT2D eigenvalue weighted by molar-refractivity contribution is -0.130. The highest BCUT2D eigenvalue weighted by atomic mass is 16.5. The molecular formula is C18H27N3O4. The van der Waals surface area contributed by atoms with Crippen LogP contribution in [0, 0.1) is 25.7 Å². The number of rotatable bonds is 4. The number of aliphatic hydroxyl groups is 1. The number of amides is 2. The minimum Gasteiger partial charge on any atom is -0.391 e. The van der Waals surface area contributed by atoms with Gasteiger partial charge in [-0.3, -0.25) is 9.59 Å². The normalized spacial score (nSPS) is 28.7. The van der Waals surface area contributed by atoms with E-state index in [2.05, 4.69) is 10.5 Å². The van der Waals surface area contributed by atoms with E-state index in [0.717, 1.165) is 23.4 Å². The summed E-state index contributed by atoms with van der Waals surface area (Å²) in [5, 5.41) is 17.0. The monoisotopic (exact) mass is 349 g/mol. The molecule has 0 spiro atoms. The molecule has 3 rings (SSSR count). The molecule has 2 amide bonds. The van der Waals surface area contributed by atoms with Crippen molar-refractivity contribution in [3.05, 3.63) is 17.0 Å². The van der Waals surface area contributed by atoms with Crippen LogP contribution in [-0.2, 0) is 16.0 Å². The number of likely N-dealkylation sites (tertiary alicyclic amines) is 1. The third-order valence-corrected chi connectivity index (χ3v) is 5.65. The number of aromatic nitrogens is 1. The molecule has 138 valence electrons. The van der Waals surface area contributed by atoms with Crippen LogP contribution in [0.5, 0.6) is 0 Å². The van der Waals surface area contributed by atoms with Gasteiger partial charge >= 0.3 is 0 Å². The number of hydrogen-bond donors (Lipinski definition) is 2. The maximum absolute atomic E-state index is 12.6. The van der Waals surface area contributed by atoms with Gasteiger partial charge in [-0.25, -0.2) is 0 Å². The average Bonchev–Trinajstić information content (AvgIpc) is 3.08. The predicted molar refractivity (Wildman–Crippen MR) is 90.7 cm³/mol. The van der Waals surface area contributed by atoms with Gasteiger partial charge in [0.15, 0.2) is 0 Å². The Balaban J connectivity index is 1.55. The average molecular weight is 349 g/mol. The molecule has 4 atom stereocenters. The van der Waals surface area contributed by atoms with Crippen LogP contribution >= 0.6 is 0 Å². The van der Waals surface area contributed by atoms with Crippen molar-refractivity contribution in [3.63, 3.8) is 0 Å². The number of fused-ring (bicyclic) bond motifs is 1. The van der Waals surface area contributed by atoms with Gasteiger partial charge in [-0.05, 0) is 44.9 Å². The van der Waals surface area contributed by atoms with Crippen LogP contribution < -0.4 is 5.32 Å². The van der Waals surface area contributed by atoms with Crippen molar-refractivity contribution in [1.82, 2.24) is 15.4 Å². The molecule has 0 aromatic carbocycles. The quantitative estimate of drug-likeness (QED) is 0.844. The lowest BCUT2D eigenvalue weighted by Gasteiger charge is -2.35. The Labute approximate surface area is 147 Å². The molecular weight excluding hydrogens is 322 g/mol. The first-order valence-electron chi connectivity index (χ1n) is 8.99. The van der Waals surface area contributed by atoms with Gasteiger partial charge in [0.05, 0.1) is 17.8 Å². The Morgan fingerprint density at radius 3 is 2.56 bits per heavy atom. The predicted octanol–water partition coefficient (Wildman–Crippen LogP) is 0.958. The van der Waals surface area contributed by atoms with Gasteiger partial charge in [-0.1, -0.05) is 5.16 Å². The largest absolute Gasteiger partial charge is 0.391 e. The lowest BCUT2D eigenvalue weighted by Crippen LogP contribution is -2.48. The molecule has 1 saturated heterocycles. The summed E-state index contributed by atoms with van der Waals surface area (Å²) >= 11 is 0. The molecule has 25 heavy (non-hydrogen) atoms. The van der Waals surface area contributed by atoms with Gasteiger partial charge in [0.2, 0.25) is 11.8 Å². The molecule has 1 saturated carbocycles. The number of aliphatic hydroxyl groups excluding tert-OH is 1. The van der Waals surface area contributed by atoms with Crippen molar-refractivity contribution in [1.29, 1.82) is 0 Å². The summed E-state index contributed by atoms with van der Waals surface area (Å²) in [5.41, 5.74) is 1.87. The van der Waals surface area contributed by atoms with E-state index in [1.165, 1.54) is 6.92 Å². The first kappa shape index (κ1) is 17.9. The summed E-state index contributed by atoms with van der Waals surface area (Å²) in [5.74, 6) is 1.47. The highest BCUT2D eigenvalue weighted by Gasteiger charge is 2.43. The third kappa shape index (κ3) is 3.86. The fraction of sp³-hybridized carbons (Fsp3) is 0.722. The number of carbonyl (C=O) groups is 2. The summed E-state index contributed by atoms with van der Waals surface area (Å²) in [7, 11) is 0. The van der Waals surface area contributed by atoms with E-state index in [0.29, 0.717) is 44.2 Å². The van der Waals surface area contributed by atoms with E-state index < -0.39 is 6.10 Å². The number of nitrogens with zero attached hydrogens (tertiary/aromatic N) is 2. The summed E-state index contributed by atoms with van der Waals surface area (Å²) in [4.78, 5) is 25.8. The number of nitrogens with one attached hydrogen (secondary N) is 1. The number of carbonyl (C=O) groups excluding carboxylic acids is 2. The van der Waals surface area contributed by atoms with Gasteiger partial charge < -0.3 is 19.8 Å². The first-order chi connectivity index (χ1) is 11.8. The Bertz CT molecular complexity index is 637. The first-order valence-corrected chi connectivity index (χ1v) is 8.99. The molecule has 2 fully saturated rings. The van der Waals surface area contributed by atoms with Crippen LogP contribution in [0.25, 0.3) is 0 Å². The Morgan fingerprint density at radius 1 is 1.28 bits per heavy atom. The second-order valence-corrected chi connectivity index (χ2v) is 7.47. The van der Waals surface area contributed by atoms with E-state index in [1.54, 1.807) is 0 Å². The maximum atomic E-state index is 12.6. The Hall–Kier alpha value is -1.89. The third-order valence-electron chi connectivity index (χ3n) is 5.65. The Kier molecular flexibility index (Phi) is 5.13. The summed E-state index contributed by atoms with van der Waals surface area (Å²) in [6, 6.07) is -0.198. The second-order valence-electron chi connectivity index (χ2n) is 7.47. The van der Waals surface area contributed by atoms with E-state index in [1.807, 2.05) is 18.7 Å². The number of aryl methyl sites for hydroxylation is 2. The molecule has 0 unspecified atom stereocenters. The molecule has 7 nitrogen and oxygen atoms in total. The summed E-state index contributed by atoms with van der Waals surface area (Å²) in [6.07, 6.45) is 1.94. The molecule has 1 aliphatic carbocycles. The molecule has 1 aromatic heterocycles. The standard InChI is InChI=1S/C18H27N3O4/c1-10-15(11(2)25-20-10)4-5-18(24)21-8-13-6-16(19-12(3)22)17(23)7-14(13)9-21/h13-14,16-17,23H,4-9H2,1-3H3,(H,19,22)/t13-,14+,16-,17-/m1/s1. The van der Waals surface area contributed by atoms with Crippen LogP contribution in [0.2, 0.25) is 0 Å². The van der Waals surface area contributed by atoms with E-state index in [9.17, 15) is 14.7 Å². The fourth-order valence-electron chi connectivity index (χ4n) is 4.30. The van der Waals surface area contributed by atoms with Gasteiger partial charge in [-0.2, -0.15) is 0 Å². The van der Waals surface area contributed by atoms with Crippen LogP contribution in [0.3, 0.4) is 0 Å². The molecule has 2 N–H and O–H groups in total. The van der Waals surface area contributed by atoms with Crippen molar-refractivity contribution in [2.45, 2.75) is 58.6 Å². The van der Waals surface area contributed by atoms with Gasteiger partial charge in [0.25, 0.3) is 0 Å². The second kappa shape index (κ2) is 7.15. The lowest BCUT2D eigenvalue weighted by atomic mass is 9.77. The smallest absolute Gasteiger partial charge is 0.222 e. The fourth-order valence-corrected chi connectivity index (χ4v) is 4.30. The molecule has 1 aliphatic heterocycles. The summed E-state index contributed by atoms with van der Waals surface area (Å²) in [6.45, 7) is 6.65. The van der Waals surface area contributed by atoms with Crippen LogP contribution in [0.4, 0.5) is 0 Å². The zero-order chi connectivity index (χ0) is 18.1. The minimum absolute atomic E-state index is 0.118. The van der Waals surface area contributed by atoms with Crippen molar-refractivity contribution in [2.24, 2.45) is 11.8 Å². The molecule has 0 radical (unpaired) electrons.